The van der Waals surface area contributed by atoms with E-state index in [1.54, 1.807) is 0 Å². The second kappa shape index (κ2) is 9.97. The maximum absolute atomic E-state index is 2.47. The Bertz CT molecular complexity index is 3210. The van der Waals surface area contributed by atoms with Crippen molar-refractivity contribution < 1.29 is 0 Å². The number of fused-ring (bicyclic) bond motifs is 12. The Hall–Kier alpha value is -6.64. The van der Waals surface area contributed by atoms with Crippen molar-refractivity contribution in [2.75, 3.05) is 0 Å². The molecule has 0 aliphatic heterocycles. The van der Waals surface area contributed by atoms with E-state index in [0.29, 0.717) is 0 Å². The first-order valence-corrected chi connectivity index (χ1v) is 17.8. The second-order valence-electron chi connectivity index (χ2n) is 14.1. The Labute approximate surface area is 294 Å². The van der Waals surface area contributed by atoms with Gasteiger partial charge >= 0.3 is 0 Å². The molecule has 3 aromatic heterocycles. The predicted octanol–water partition coefficient (Wildman–Crippen LogP) is 12.8. The van der Waals surface area contributed by atoms with E-state index in [0.717, 1.165) is 6.42 Å². The molecule has 0 N–H and O–H groups in total. The van der Waals surface area contributed by atoms with Gasteiger partial charge in [0.15, 0.2) is 0 Å². The van der Waals surface area contributed by atoms with Crippen LogP contribution in [0.5, 0.6) is 0 Å². The van der Waals surface area contributed by atoms with Crippen molar-refractivity contribution in [2.45, 2.75) is 6.42 Å². The fraction of sp³-hybridized carbons (Fsp3) is 0.0204. The van der Waals surface area contributed by atoms with Gasteiger partial charge in [0.2, 0.25) is 0 Å². The molecule has 8 aromatic carbocycles. The van der Waals surface area contributed by atoms with Gasteiger partial charge in [-0.3, -0.25) is 0 Å². The van der Waals surface area contributed by atoms with Crippen LogP contribution >= 0.6 is 0 Å². The zero-order valence-electron chi connectivity index (χ0n) is 27.8. The van der Waals surface area contributed by atoms with Gasteiger partial charge in [-0.05, 0) is 106 Å². The molecular weight excluding hydrogens is 617 g/mol. The molecule has 2 nitrogen and oxygen atoms in total. The molecule has 0 saturated carbocycles. The normalized spacial score (nSPS) is 12.6. The maximum Gasteiger partial charge on any atom is 0.0620 e. The van der Waals surface area contributed by atoms with Crippen molar-refractivity contribution in [1.29, 1.82) is 0 Å². The van der Waals surface area contributed by atoms with Crippen molar-refractivity contribution in [3.63, 3.8) is 0 Å². The third-order valence-corrected chi connectivity index (χ3v) is 11.5. The van der Waals surface area contributed by atoms with Crippen LogP contribution in [0.1, 0.15) is 11.1 Å². The molecule has 0 amide bonds. The highest BCUT2D eigenvalue weighted by atomic mass is 15.0. The van der Waals surface area contributed by atoms with E-state index in [1.165, 1.54) is 110 Å². The topological polar surface area (TPSA) is 9.34 Å². The van der Waals surface area contributed by atoms with Crippen molar-refractivity contribution in [1.82, 2.24) is 8.97 Å². The molecule has 1 aliphatic carbocycles. The number of nitrogens with zero attached hydrogens (tertiary/aromatic N) is 2. The quantitative estimate of drug-likeness (QED) is 0.181. The molecule has 0 fully saturated rings. The standard InChI is InChI=1S/C49H30N2/c1-2-10-36(11-3-1)50-46-23-20-31(30-17-18-35-25-34-9-4-5-12-37(34)42(35)26-30)27-43(46)44-28-32(21-24-47(44)50)33-19-22-39-41-15-8-14-40-38-13-6-7-16-45(38)51(49(40)41)48(39)29-33/h1-24,26-29H,25H2. The summed E-state index contributed by atoms with van der Waals surface area (Å²) >= 11 is 0. The fourth-order valence-electron chi connectivity index (χ4n) is 9.15. The van der Waals surface area contributed by atoms with Crippen LogP contribution in [0, 0.1) is 0 Å². The first kappa shape index (κ1) is 27.2. The smallest absolute Gasteiger partial charge is 0.0620 e. The molecule has 0 unspecified atom stereocenters. The molecule has 236 valence electrons. The van der Waals surface area contributed by atoms with Crippen LogP contribution in [0.2, 0.25) is 0 Å². The zero-order valence-corrected chi connectivity index (χ0v) is 27.8. The summed E-state index contributed by atoms with van der Waals surface area (Å²) in [5, 5.41) is 7.77. The summed E-state index contributed by atoms with van der Waals surface area (Å²) in [6, 6.07) is 63.2. The van der Waals surface area contributed by atoms with E-state index in [9.17, 15) is 0 Å². The predicted molar refractivity (Wildman–Crippen MR) is 215 cm³/mol. The molecule has 51 heavy (non-hydrogen) atoms. The van der Waals surface area contributed by atoms with E-state index in [2.05, 4.69) is 179 Å². The van der Waals surface area contributed by atoms with Crippen molar-refractivity contribution >= 4 is 59.9 Å². The number of hydrogen-bond acceptors (Lipinski definition) is 0. The molecule has 0 saturated heterocycles. The zero-order chi connectivity index (χ0) is 33.2. The van der Waals surface area contributed by atoms with Gasteiger partial charge in [0, 0.05) is 38.0 Å². The summed E-state index contributed by atoms with van der Waals surface area (Å²) in [6.07, 6.45) is 1.01. The Balaban J connectivity index is 1.08. The lowest BCUT2D eigenvalue weighted by molar-refractivity contribution is 1.18. The molecule has 2 heteroatoms. The first-order chi connectivity index (χ1) is 25.3. The highest BCUT2D eigenvalue weighted by molar-refractivity contribution is 6.23. The minimum atomic E-state index is 1.01. The van der Waals surface area contributed by atoms with Gasteiger partial charge in [-0.25, -0.2) is 0 Å². The lowest BCUT2D eigenvalue weighted by Crippen LogP contribution is -1.93. The van der Waals surface area contributed by atoms with Gasteiger partial charge in [-0.2, -0.15) is 0 Å². The van der Waals surface area contributed by atoms with Crippen LogP contribution < -0.4 is 0 Å². The van der Waals surface area contributed by atoms with E-state index in [4.69, 9.17) is 0 Å². The molecule has 0 radical (unpaired) electrons. The second-order valence-corrected chi connectivity index (χ2v) is 14.1. The Morgan fingerprint density at radius 3 is 1.73 bits per heavy atom. The summed E-state index contributed by atoms with van der Waals surface area (Å²) in [5.74, 6) is 0. The Morgan fingerprint density at radius 2 is 0.922 bits per heavy atom. The summed E-state index contributed by atoms with van der Waals surface area (Å²) in [6.45, 7) is 0. The van der Waals surface area contributed by atoms with E-state index in [1.807, 2.05) is 0 Å². The molecule has 0 spiro atoms. The highest BCUT2D eigenvalue weighted by Crippen LogP contribution is 2.43. The Kier molecular flexibility index (Phi) is 5.32. The van der Waals surface area contributed by atoms with Crippen LogP contribution in [0.15, 0.2) is 170 Å². The first-order valence-electron chi connectivity index (χ1n) is 17.8. The number of hydrogen-bond donors (Lipinski definition) is 0. The van der Waals surface area contributed by atoms with Crippen LogP contribution in [0.4, 0.5) is 0 Å². The van der Waals surface area contributed by atoms with Crippen molar-refractivity contribution in [3.05, 3.63) is 181 Å². The third-order valence-electron chi connectivity index (χ3n) is 11.5. The number of rotatable bonds is 3. The summed E-state index contributed by atoms with van der Waals surface area (Å²) < 4.78 is 4.89. The van der Waals surface area contributed by atoms with Crippen LogP contribution in [0.25, 0.3) is 99.0 Å². The molecule has 0 atom stereocenters. The molecular formula is C49H30N2. The largest absolute Gasteiger partial charge is 0.309 e. The van der Waals surface area contributed by atoms with E-state index in [-0.39, 0.29) is 0 Å². The third kappa shape index (κ3) is 3.71. The van der Waals surface area contributed by atoms with Crippen molar-refractivity contribution in [2.24, 2.45) is 0 Å². The van der Waals surface area contributed by atoms with Crippen LogP contribution in [-0.2, 0) is 6.42 Å². The van der Waals surface area contributed by atoms with Gasteiger partial charge in [-0.1, -0.05) is 115 Å². The highest BCUT2D eigenvalue weighted by Gasteiger charge is 2.21. The van der Waals surface area contributed by atoms with Gasteiger partial charge in [0.25, 0.3) is 0 Å². The van der Waals surface area contributed by atoms with Crippen LogP contribution in [-0.4, -0.2) is 8.97 Å². The average molecular weight is 647 g/mol. The molecule has 12 rings (SSSR count). The number of aromatic nitrogens is 2. The SMILES string of the molecule is c1ccc(-n2c3ccc(-c4ccc5c(c4)-c4ccccc4C5)cc3c3cc(-c4ccc5c6cccc7c8ccccc8n(c5c4)c76)ccc32)cc1. The van der Waals surface area contributed by atoms with Gasteiger partial charge in [-0.15, -0.1) is 0 Å². The molecule has 3 heterocycles. The molecule has 11 aromatic rings. The van der Waals surface area contributed by atoms with E-state index >= 15 is 0 Å². The Morgan fingerprint density at radius 1 is 0.333 bits per heavy atom. The van der Waals surface area contributed by atoms with Crippen LogP contribution in [0.3, 0.4) is 0 Å². The summed E-state index contributed by atoms with van der Waals surface area (Å²) in [5.41, 5.74) is 18.0. The monoisotopic (exact) mass is 646 g/mol. The molecule has 0 bridgehead atoms. The van der Waals surface area contributed by atoms with Gasteiger partial charge in [0.1, 0.15) is 0 Å². The summed E-state index contributed by atoms with van der Waals surface area (Å²) in [7, 11) is 0. The van der Waals surface area contributed by atoms with Gasteiger partial charge < -0.3 is 8.97 Å². The molecule has 1 aliphatic rings. The number of benzene rings is 8. The average Bonchev–Trinajstić information content (AvgIpc) is 3.93. The minimum Gasteiger partial charge on any atom is -0.309 e. The number of para-hydroxylation sites is 3. The van der Waals surface area contributed by atoms with Crippen molar-refractivity contribution in [3.8, 4) is 39.1 Å². The maximum atomic E-state index is 2.47. The summed E-state index contributed by atoms with van der Waals surface area (Å²) in [4.78, 5) is 0. The fourth-order valence-corrected chi connectivity index (χ4v) is 9.15. The van der Waals surface area contributed by atoms with E-state index < -0.39 is 0 Å². The van der Waals surface area contributed by atoms with Gasteiger partial charge in [0.05, 0.1) is 27.6 Å². The lowest BCUT2D eigenvalue weighted by Gasteiger charge is -2.09. The lowest BCUT2D eigenvalue weighted by atomic mass is 9.97. The minimum absolute atomic E-state index is 1.01.